The van der Waals surface area contributed by atoms with Gasteiger partial charge in [0.1, 0.15) is 5.82 Å². The average molecular weight is 245 g/mol. The minimum absolute atomic E-state index is 0.312. The van der Waals surface area contributed by atoms with E-state index in [-0.39, 0.29) is 0 Å². The lowest BCUT2D eigenvalue weighted by molar-refractivity contribution is 0.00578. The molecule has 0 aromatic carbocycles. The average Bonchev–Trinajstić information content (AvgIpc) is 2.47. The van der Waals surface area contributed by atoms with Gasteiger partial charge in [-0.1, -0.05) is 0 Å². The molecule has 6 heteroatoms. The normalized spacial score (nSPS) is 20.7. The fourth-order valence-electron chi connectivity index (χ4n) is 1.74. The molecule has 0 unspecified atom stereocenters. The molecule has 18 heavy (non-hydrogen) atoms. The fourth-order valence-corrected chi connectivity index (χ4v) is 1.74. The van der Waals surface area contributed by atoms with E-state index >= 15 is 0 Å². The molecule has 0 amide bonds. The number of nitriles is 1. The van der Waals surface area contributed by atoms with Crippen molar-refractivity contribution in [2.24, 2.45) is 0 Å². The Hall–Kier alpha value is -1.58. The third-order valence-corrected chi connectivity index (χ3v) is 3.58. The Labute approximate surface area is 107 Å². The van der Waals surface area contributed by atoms with Crippen LogP contribution in [0.2, 0.25) is 0 Å². The Bertz CT molecular complexity index is 507. The summed E-state index contributed by atoms with van der Waals surface area (Å²) >= 11 is 0. The molecule has 0 spiro atoms. The minimum atomic E-state index is -0.585. The molecule has 0 aliphatic carbocycles. The van der Waals surface area contributed by atoms with E-state index in [1.807, 2.05) is 27.7 Å². The van der Waals surface area contributed by atoms with Gasteiger partial charge in [0, 0.05) is 11.7 Å². The number of hydrogen-bond donors (Lipinski definition) is 1. The van der Waals surface area contributed by atoms with Crippen LogP contribution < -0.4 is 11.2 Å². The molecule has 0 saturated carbocycles. The summed E-state index contributed by atoms with van der Waals surface area (Å²) in [4.78, 5) is 3.99. The van der Waals surface area contributed by atoms with Crippen molar-refractivity contribution < 1.29 is 9.31 Å². The zero-order chi connectivity index (χ0) is 13.6. The fraction of sp³-hybridized carbons (Fsp3) is 0.500. The Balaban J connectivity index is 2.39. The van der Waals surface area contributed by atoms with E-state index in [1.54, 1.807) is 0 Å². The first-order valence-electron chi connectivity index (χ1n) is 5.78. The molecule has 0 bridgehead atoms. The first-order chi connectivity index (χ1) is 8.27. The molecule has 1 aromatic heterocycles. The quantitative estimate of drug-likeness (QED) is 0.741. The van der Waals surface area contributed by atoms with Crippen molar-refractivity contribution in [2.45, 2.75) is 38.9 Å². The molecule has 2 heterocycles. The van der Waals surface area contributed by atoms with Crippen LogP contribution in [0.5, 0.6) is 0 Å². The molecule has 2 rings (SSSR count). The number of hydrogen-bond acceptors (Lipinski definition) is 5. The molecule has 0 radical (unpaired) electrons. The summed E-state index contributed by atoms with van der Waals surface area (Å²) in [7, 11) is -0.585. The number of nitrogens with two attached hydrogens (primary N) is 1. The molecule has 1 aliphatic rings. The summed E-state index contributed by atoms with van der Waals surface area (Å²) in [5.74, 6) is 0.312. The summed E-state index contributed by atoms with van der Waals surface area (Å²) in [6, 6.07) is 3.62. The Kier molecular flexibility index (Phi) is 2.84. The molecular weight excluding hydrogens is 229 g/mol. The number of nitrogens with zero attached hydrogens (tertiary/aromatic N) is 2. The maximum atomic E-state index is 9.12. The second kappa shape index (κ2) is 3.97. The van der Waals surface area contributed by atoms with E-state index in [1.165, 1.54) is 12.3 Å². The largest absolute Gasteiger partial charge is 0.497 e. The van der Waals surface area contributed by atoms with Gasteiger partial charge in [0.25, 0.3) is 0 Å². The van der Waals surface area contributed by atoms with Crippen molar-refractivity contribution >= 4 is 18.4 Å². The maximum absolute atomic E-state index is 9.12. The lowest BCUT2D eigenvalue weighted by atomic mass is 9.77. The van der Waals surface area contributed by atoms with Crippen molar-refractivity contribution in [3.63, 3.8) is 0 Å². The van der Waals surface area contributed by atoms with Gasteiger partial charge in [-0.25, -0.2) is 4.98 Å². The summed E-state index contributed by atoms with van der Waals surface area (Å²) in [6.45, 7) is 7.85. The number of pyridine rings is 1. The highest BCUT2D eigenvalue weighted by Gasteiger charge is 2.52. The number of anilines is 1. The van der Waals surface area contributed by atoms with E-state index in [0.717, 1.165) is 0 Å². The van der Waals surface area contributed by atoms with Crippen molar-refractivity contribution in [1.82, 2.24) is 4.98 Å². The van der Waals surface area contributed by atoms with Crippen LogP contribution in [0.4, 0.5) is 5.82 Å². The van der Waals surface area contributed by atoms with Gasteiger partial charge in [-0.3, -0.25) is 0 Å². The van der Waals surface area contributed by atoms with Gasteiger partial charge in [0.05, 0.1) is 22.8 Å². The monoisotopic (exact) mass is 245 g/mol. The number of rotatable bonds is 1. The molecule has 1 aromatic rings. The topological polar surface area (TPSA) is 81.2 Å². The minimum Gasteiger partial charge on any atom is -0.399 e. The molecular formula is C12H16BN3O2. The Morgan fingerprint density at radius 3 is 2.33 bits per heavy atom. The van der Waals surface area contributed by atoms with Crippen molar-refractivity contribution in [3.05, 3.63) is 17.8 Å². The van der Waals surface area contributed by atoms with E-state index in [4.69, 9.17) is 20.3 Å². The van der Waals surface area contributed by atoms with Crippen LogP contribution >= 0.6 is 0 Å². The van der Waals surface area contributed by atoms with E-state index in [2.05, 4.69) is 11.1 Å². The lowest BCUT2D eigenvalue weighted by Crippen LogP contribution is -2.41. The van der Waals surface area contributed by atoms with Crippen molar-refractivity contribution in [3.8, 4) is 6.07 Å². The van der Waals surface area contributed by atoms with Crippen LogP contribution in [0.15, 0.2) is 12.3 Å². The molecule has 0 atom stereocenters. The molecule has 5 nitrogen and oxygen atoms in total. The highest BCUT2D eigenvalue weighted by atomic mass is 16.7. The summed E-state index contributed by atoms with van der Waals surface area (Å²) in [6.07, 6.45) is 1.54. The molecule has 94 valence electrons. The summed E-state index contributed by atoms with van der Waals surface area (Å²) in [5.41, 5.74) is 5.73. The van der Waals surface area contributed by atoms with Gasteiger partial charge in [0.2, 0.25) is 0 Å². The lowest BCUT2D eigenvalue weighted by Gasteiger charge is -2.32. The van der Waals surface area contributed by atoms with Gasteiger partial charge in [0.15, 0.2) is 0 Å². The van der Waals surface area contributed by atoms with Crippen LogP contribution in [0.3, 0.4) is 0 Å². The number of nitrogen functional groups attached to an aromatic ring is 1. The molecule has 1 aliphatic heterocycles. The van der Waals surface area contributed by atoms with Crippen LogP contribution in [-0.2, 0) is 9.31 Å². The molecule has 1 fully saturated rings. The van der Waals surface area contributed by atoms with E-state index in [0.29, 0.717) is 16.8 Å². The second-order valence-electron chi connectivity index (χ2n) is 5.40. The zero-order valence-corrected chi connectivity index (χ0v) is 11.0. The van der Waals surface area contributed by atoms with E-state index in [9.17, 15) is 0 Å². The molecule has 1 saturated heterocycles. The zero-order valence-electron chi connectivity index (χ0n) is 11.0. The van der Waals surface area contributed by atoms with Crippen LogP contribution in [0.25, 0.3) is 0 Å². The van der Waals surface area contributed by atoms with Crippen molar-refractivity contribution in [1.29, 1.82) is 5.26 Å². The first kappa shape index (κ1) is 12.9. The van der Waals surface area contributed by atoms with Gasteiger partial charge < -0.3 is 15.0 Å². The summed E-state index contributed by atoms with van der Waals surface area (Å²) < 4.78 is 11.8. The first-order valence-corrected chi connectivity index (χ1v) is 5.78. The highest BCUT2D eigenvalue weighted by Crippen LogP contribution is 2.36. The molecule has 2 N–H and O–H groups in total. The van der Waals surface area contributed by atoms with Crippen LogP contribution in [-0.4, -0.2) is 23.3 Å². The van der Waals surface area contributed by atoms with Gasteiger partial charge in [-0.05, 0) is 33.8 Å². The Morgan fingerprint density at radius 1 is 1.28 bits per heavy atom. The standard InChI is InChI=1S/C12H16BN3O2/c1-11(2)12(3,4)18-13(17-11)9-7-16-10(15)5-8(9)6-14/h5,7H,1-4H3,(H2,15,16). The maximum Gasteiger partial charge on any atom is 0.497 e. The van der Waals surface area contributed by atoms with Gasteiger partial charge >= 0.3 is 7.12 Å². The Morgan fingerprint density at radius 2 is 1.83 bits per heavy atom. The number of aromatic nitrogens is 1. The third-order valence-electron chi connectivity index (χ3n) is 3.58. The van der Waals surface area contributed by atoms with Gasteiger partial charge in [-0.15, -0.1) is 0 Å². The highest BCUT2D eigenvalue weighted by molar-refractivity contribution is 6.62. The predicted molar refractivity (Wildman–Crippen MR) is 69.1 cm³/mol. The summed E-state index contributed by atoms with van der Waals surface area (Å²) in [5, 5.41) is 9.12. The van der Waals surface area contributed by atoms with Crippen LogP contribution in [0, 0.1) is 11.3 Å². The van der Waals surface area contributed by atoms with E-state index < -0.39 is 18.3 Å². The SMILES string of the molecule is CC1(C)OB(c2cnc(N)cc2C#N)OC1(C)C. The van der Waals surface area contributed by atoms with Crippen LogP contribution in [0.1, 0.15) is 33.3 Å². The predicted octanol–water partition coefficient (Wildman–Crippen LogP) is 0.835. The van der Waals surface area contributed by atoms with Gasteiger partial charge in [-0.2, -0.15) is 5.26 Å². The third kappa shape index (κ3) is 1.96. The second-order valence-corrected chi connectivity index (χ2v) is 5.40. The van der Waals surface area contributed by atoms with Crippen molar-refractivity contribution in [2.75, 3.05) is 5.73 Å². The smallest absolute Gasteiger partial charge is 0.399 e.